The van der Waals surface area contributed by atoms with Gasteiger partial charge in [-0.3, -0.25) is 4.99 Å². The van der Waals surface area contributed by atoms with Gasteiger partial charge in [-0.15, -0.1) is 24.0 Å². The van der Waals surface area contributed by atoms with Crippen molar-refractivity contribution in [1.82, 2.24) is 10.6 Å². The third-order valence-electron chi connectivity index (χ3n) is 3.02. The third kappa shape index (κ3) is 9.50. The molecule has 1 aromatic carbocycles. The molecule has 0 aliphatic carbocycles. The number of benzene rings is 1. The summed E-state index contributed by atoms with van der Waals surface area (Å²) in [5.74, 6) is 1.86. The van der Waals surface area contributed by atoms with Gasteiger partial charge in [0.15, 0.2) is 5.96 Å². The van der Waals surface area contributed by atoms with E-state index in [4.69, 9.17) is 0 Å². The van der Waals surface area contributed by atoms with Crippen molar-refractivity contribution in [3.05, 3.63) is 35.6 Å². The molecule has 22 heavy (non-hydrogen) atoms. The van der Waals surface area contributed by atoms with Crippen LogP contribution in [0.25, 0.3) is 0 Å². The summed E-state index contributed by atoms with van der Waals surface area (Å²) in [4.78, 5) is 4.53. The zero-order valence-corrected chi connectivity index (χ0v) is 16.5. The molecule has 1 rings (SSSR count). The van der Waals surface area contributed by atoms with Crippen LogP contribution < -0.4 is 10.6 Å². The van der Waals surface area contributed by atoms with E-state index in [1.165, 1.54) is 18.2 Å². The predicted octanol–water partition coefficient (Wildman–Crippen LogP) is 3.68. The lowest BCUT2D eigenvalue weighted by Gasteiger charge is -2.11. The Morgan fingerprint density at radius 2 is 2.00 bits per heavy atom. The van der Waals surface area contributed by atoms with Crippen molar-refractivity contribution in [2.24, 2.45) is 4.99 Å². The first-order valence-electron chi connectivity index (χ1n) is 7.52. The summed E-state index contributed by atoms with van der Waals surface area (Å²) >= 11 is 1.87. The number of halogens is 2. The Hall–Kier alpha value is -0.500. The van der Waals surface area contributed by atoms with Crippen molar-refractivity contribution < 1.29 is 4.39 Å². The molecule has 126 valence electrons. The Labute approximate surface area is 155 Å². The summed E-state index contributed by atoms with van der Waals surface area (Å²) in [6.07, 6.45) is 5.07. The molecule has 0 saturated carbocycles. The number of thioether (sulfide) groups is 1. The van der Waals surface area contributed by atoms with Gasteiger partial charge in [0.2, 0.25) is 0 Å². The highest BCUT2D eigenvalue weighted by Crippen LogP contribution is 2.06. The number of nitrogens with zero attached hydrogens (tertiary/aromatic N) is 1. The monoisotopic (exact) mass is 439 g/mol. The molecule has 0 bridgehead atoms. The van der Waals surface area contributed by atoms with E-state index in [1.807, 2.05) is 30.8 Å². The fourth-order valence-corrected chi connectivity index (χ4v) is 2.40. The van der Waals surface area contributed by atoms with E-state index >= 15 is 0 Å². The minimum absolute atomic E-state index is 0. The first-order chi connectivity index (χ1) is 10.3. The number of guanidine groups is 1. The lowest BCUT2D eigenvalue weighted by molar-refractivity contribution is 0.606. The molecule has 0 aliphatic rings. The summed E-state index contributed by atoms with van der Waals surface area (Å²) in [7, 11) is 0. The topological polar surface area (TPSA) is 36.4 Å². The van der Waals surface area contributed by atoms with Gasteiger partial charge in [-0.25, -0.2) is 4.39 Å². The Balaban J connectivity index is 0.00000441. The van der Waals surface area contributed by atoms with E-state index in [0.717, 1.165) is 31.0 Å². The number of aliphatic imine (C=N–C) groups is 1. The average molecular weight is 439 g/mol. The van der Waals surface area contributed by atoms with Gasteiger partial charge < -0.3 is 10.6 Å². The smallest absolute Gasteiger partial charge is 0.191 e. The average Bonchev–Trinajstić information content (AvgIpc) is 2.49. The van der Waals surface area contributed by atoms with E-state index in [1.54, 1.807) is 6.07 Å². The van der Waals surface area contributed by atoms with Crippen molar-refractivity contribution in [3.8, 4) is 0 Å². The molecule has 0 atom stereocenters. The van der Waals surface area contributed by atoms with E-state index < -0.39 is 0 Å². The van der Waals surface area contributed by atoms with Crippen LogP contribution in [0.5, 0.6) is 0 Å². The second-order valence-electron chi connectivity index (χ2n) is 4.73. The van der Waals surface area contributed by atoms with Crippen molar-refractivity contribution in [2.45, 2.75) is 26.2 Å². The van der Waals surface area contributed by atoms with Gasteiger partial charge in [0.1, 0.15) is 5.82 Å². The van der Waals surface area contributed by atoms with Crippen LogP contribution in [0.1, 0.15) is 25.3 Å². The first-order valence-corrected chi connectivity index (χ1v) is 8.91. The summed E-state index contributed by atoms with van der Waals surface area (Å²) in [5, 5.41) is 6.47. The molecule has 0 heterocycles. The van der Waals surface area contributed by atoms with Gasteiger partial charge >= 0.3 is 0 Å². The van der Waals surface area contributed by atoms with Crippen LogP contribution in [0.3, 0.4) is 0 Å². The number of nitrogens with one attached hydrogen (secondary N) is 2. The maximum Gasteiger partial charge on any atom is 0.191 e. The Morgan fingerprint density at radius 3 is 2.68 bits per heavy atom. The van der Waals surface area contributed by atoms with Gasteiger partial charge in [-0.1, -0.05) is 18.2 Å². The van der Waals surface area contributed by atoms with Crippen LogP contribution >= 0.6 is 35.7 Å². The molecule has 1 aromatic rings. The molecule has 2 N–H and O–H groups in total. The van der Waals surface area contributed by atoms with Crippen molar-refractivity contribution in [2.75, 3.05) is 31.6 Å². The zero-order valence-electron chi connectivity index (χ0n) is 13.4. The van der Waals surface area contributed by atoms with Crippen LogP contribution in [0.2, 0.25) is 0 Å². The van der Waals surface area contributed by atoms with E-state index in [-0.39, 0.29) is 29.8 Å². The first kappa shape index (κ1) is 21.5. The van der Waals surface area contributed by atoms with Gasteiger partial charge in [0.25, 0.3) is 0 Å². The molecule has 0 saturated heterocycles. The number of unbranched alkanes of at least 4 members (excludes halogenated alkanes) is 1. The highest BCUT2D eigenvalue weighted by Gasteiger charge is 2.01. The van der Waals surface area contributed by atoms with Gasteiger partial charge in [0, 0.05) is 19.6 Å². The second kappa shape index (κ2) is 14.1. The maximum atomic E-state index is 13.5. The largest absolute Gasteiger partial charge is 0.357 e. The molecular weight excluding hydrogens is 412 g/mol. The highest BCUT2D eigenvalue weighted by molar-refractivity contribution is 14.0. The summed E-state index contributed by atoms with van der Waals surface area (Å²) in [6.45, 7) is 4.38. The highest BCUT2D eigenvalue weighted by atomic mass is 127. The van der Waals surface area contributed by atoms with Crippen molar-refractivity contribution >= 4 is 41.7 Å². The van der Waals surface area contributed by atoms with E-state index in [2.05, 4.69) is 21.9 Å². The predicted molar refractivity (Wildman–Crippen MR) is 107 cm³/mol. The molecule has 0 aromatic heterocycles. The van der Waals surface area contributed by atoms with E-state index in [0.29, 0.717) is 13.0 Å². The van der Waals surface area contributed by atoms with Crippen LogP contribution in [0, 0.1) is 5.82 Å². The van der Waals surface area contributed by atoms with Crippen LogP contribution in [-0.4, -0.2) is 37.6 Å². The van der Waals surface area contributed by atoms with Crippen molar-refractivity contribution in [3.63, 3.8) is 0 Å². The van der Waals surface area contributed by atoms with Crippen LogP contribution in [0.15, 0.2) is 29.3 Å². The molecule has 0 aliphatic heterocycles. The molecule has 0 radical (unpaired) electrons. The zero-order chi connectivity index (χ0) is 15.3. The molecule has 6 heteroatoms. The number of hydrogen-bond acceptors (Lipinski definition) is 2. The normalized spacial score (nSPS) is 11.0. The molecule has 0 unspecified atom stereocenters. The Bertz CT molecular complexity index is 430. The lowest BCUT2D eigenvalue weighted by atomic mass is 10.1. The van der Waals surface area contributed by atoms with E-state index in [9.17, 15) is 4.39 Å². The van der Waals surface area contributed by atoms with Gasteiger partial charge in [0.05, 0.1) is 0 Å². The maximum absolute atomic E-state index is 13.5. The SMILES string of the molecule is CCNC(=NCCCCSC)NCCc1ccccc1F.I. The molecule has 0 amide bonds. The Morgan fingerprint density at radius 1 is 1.23 bits per heavy atom. The molecule has 0 spiro atoms. The minimum atomic E-state index is -0.140. The molecule has 0 fully saturated rings. The number of hydrogen-bond donors (Lipinski definition) is 2. The fraction of sp³-hybridized carbons (Fsp3) is 0.562. The lowest BCUT2D eigenvalue weighted by Crippen LogP contribution is -2.38. The standard InChI is InChI=1S/C16H26FN3S.HI/c1-3-18-16(19-11-6-7-13-21-2)20-12-10-14-8-4-5-9-15(14)17;/h4-5,8-9H,3,6-7,10-13H2,1-2H3,(H2,18,19,20);1H. The second-order valence-corrected chi connectivity index (χ2v) is 5.71. The summed E-state index contributed by atoms with van der Waals surface area (Å²) in [5.41, 5.74) is 0.737. The Kier molecular flexibility index (Phi) is 13.8. The number of rotatable bonds is 9. The van der Waals surface area contributed by atoms with Crippen molar-refractivity contribution in [1.29, 1.82) is 0 Å². The van der Waals surface area contributed by atoms with Crippen LogP contribution in [-0.2, 0) is 6.42 Å². The van der Waals surface area contributed by atoms with Gasteiger partial charge in [-0.2, -0.15) is 11.8 Å². The molecular formula is C16H27FIN3S. The van der Waals surface area contributed by atoms with Gasteiger partial charge in [-0.05, 0) is 49.8 Å². The third-order valence-corrected chi connectivity index (χ3v) is 3.71. The fourth-order valence-electron chi connectivity index (χ4n) is 1.91. The van der Waals surface area contributed by atoms with Crippen LogP contribution in [0.4, 0.5) is 4.39 Å². The minimum Gasteiger partial charge on any atom is -0.357 e. The summed E-state index contributed by atoms with van der Waals surface area (Å²) in [6, 6.07) is 6.90. The quantitative estimate of drug-likeness (QED) is 0.267. The molecule has 3 nitrogen and oxygen atoms in total. The summed E-state index contributed by atoms with van der Waals surface area (Å²) < 4.78 is 13.5.